The molecule has 11 heavy (non-hydrogen) atoms. The van der Waals surface area contributed by atoms with E-state index in [4.69, 9.17) is 10.3 Å². The second-order valence-electron chi connectivity index (χ2n) is 2.04. The molecule has 0 atom stereocenters. The van der Waals surface area contributed by atoms with Gasteiger partial charge < -0.3 is 5.11 Å². The Labute approximate surface area is 63.5 Å². The van der Waals surface area contributed by atoms with Crippen LogP contribution in [0.4, 0.5) is 0 Å². The topological polar surface area (TPSA) is 77.8 Å². The molecule has 0 aromatic rings. The maximum absolute atomic E-state index is 10.7. The zero-order valence-corrected chi connectivity index (χ0v) is 6.07. The van der Waals surface area contributed by atoms with Crippen LogP contribution in [0, 0.1) is 0 Å². The van der Waals surface area contributed by atoms with Gasteiger partial charge in [0.25, 0.3) is 5.91 Å². The molecule has 0 heterocycles. The minimum absolute atomic E-state index is 0.0914. The third-order valence-electron chi connectivity index (χ3n) is 0.885. The van der Waals surface area contributed by atoms with Crippen LogP contribution in [0.5, 0.6) is 0 Å². The Morgan fingerprint density at radius 3 is 2.27 bits per heavy atom. The van der Waals surface area contributed by atoms with Crippen LogP contribution in [-0.4, -0.2) is 33.8 Å². The first-order chi connectivity index (χ1) is 4.95. The minimum atomic E-state index is -1.28. The number of hydrogen-bond donors (Lipinski definition) is 2. The lowest BCUT2D eigenvalue weighted by Gasteiger charge is -2.10. The lowest BCUT2D eigenvalue weighted by Crippen LogP contribution is -2.32. The molecule has 0 spiro atoms. The maximum atomic E-state index is 10.7. The number of rotatable bonds is 3. The molecule has 0 aliphatic heterocycles. The predicted molar refractivity (Wildman–Crippen MR) is 35.9 cm³/mol. The van der Waals surface area contributed by atoms with Gasteiger partial charge in [0.15, 0.2) is 0 Å². The quantitative estimate of drug-likeness (QED) is 0.341. The fourth-order valence-electron chi connectivity index (χ4n) is 0.420. The molecule has 0 rings (SSSR count). The fourth-order valence-corrected chi connectivity index (χ4v) is 0.420. The Morgan fingerprint density at radius 1 is 1.55 bits per heavy atom. The standard InChI is InChI=1S/C6H9NO4/c1-4(2)6(10)7(11)3-5(8)9/h11H,1,3H2,2H3,(H,8,9). The van der Waals surface area contributed by atoms with E-state index in [1.165, 1.54) is 6.92 Å². The molecule has 0 aromatic carbocycles. The number of carbonyl (C=O) groups is 2. The molecule has 0 unspecified atom stereocenters. The van der Waals surface area contributed by atoms with Crippen molar-refractivity contribution in [2.24, 2.45) is 0 Å². The monoisotopic (exact) mass is 159 g/mol. The Balaban J connectivity index is 4.03. The Kier molecular flexibility index (Phi) is 3.26. The normalized spacial score (nSPS) is 8.91. The summed E-state index contributed by atoms with van der Waals surface area (Å²) in [6.45, 7) is 3.89. The summed E-state index contributed by atoms with van der Waals surface area (Å²) in [5.74, 6) is -2.06. The summed E-state index contributed by atoms with van der Waals surface area (Å²) < 4.78 is 0. The number of carboxylic acid groups (broad SMARTS) is 1. The van der Waals surface area contributed by atoms with E-state index in [0.717, 1.165) is 0 Å². The highest BCUT2D eigenvalue weighted by Crippen LogP contribution is 1.93. The van der Waals surface area contributed by atoms with Crippen molar-refractivity contribution in [2.45, 2.75) is 6.92 Å². The zero-order valence-electron chi connectivity index (χ0n) is 6.07. The fraction of sp³-hybridized carbons (Fsp3) is 0.333. The summed E-state index contributed by atoms with van der Waals surface area (Å²) in [5, 5.41) is 16.9. The molecule has 0 aromatic heterocycles. The van der Waals surface area contributed by atoms with Gasteiger partial charge in [0.2, 0.25) is 0 Å². The van der Waals surface area contributed by atoms with Gasteiger partial charge in [-0.05, 0) is 6.92 Å². The van der Waals surface area contributed by atoms with E-state index in [2.05, 4.69) is 6.58 Å². The second-order valence-corrected chi connectivity index (χ2v) is 2.04. The molecule has 0 radical (unpaired) electrons. The molecule has 62 valence electrons. The number of amides is 1. The molecular formula is C6H9NO4. The number of carbonyl (C=O) groups excluding carboxylic acids is 1. The van der Waals surface area contributed by atoms with Gasteiger partial charge in [0.1, 0.15) is 6.54 Å². The van der Waals surface area contributed by atoms with Gasteiger partial charge >= 0.3 is 5.97 Å². The van der Waals surface area contributed by atoms with Crippen LogP contribution in [0.3, 0.4) is 0 Å². The van der Waals surface area contributed by atoms with Crippen molar-refractivity contribution in [2.75, 3.05) is 6.54 Å². The van der Waals surface area contributed by atoms with E-state index >= 15 is 0 Å². The van der Waals surface area contributed by atoms with Crippen LogP contribution < -0.4 is 0 Å². The molecule has 0 aliphatic carbocycles. The molecule has 0 bridgehead atoms. The summed E-state index contributed by atoms with van der Waals surface area (Å²) in [5.41, 5.74) is 0.0914. The van der Waals surface area contributed by atoms with Gasteiger partial charge in [0.05, 0.1) is 0 Å². The van der Waals surface area contributed by atoms with Gasteiger partial charge in [-0.2, -0.15) is 0 Å². The summed E-state index contributed by atoms with van der Waals surface area (Å²) >= 11 is 0. The van der Waals surface area contributed by atoms with Crippen LogP contribution in [0.15, 0.2) is 12.2 Å². The van der Waals surface area contributed by atoms with E-state index in [0.29, 0.717) is 0 Å². The van der Waals surface area contributed by atoms with Crippen molar-refractivity contribution in [1.82, 2.24) is 5.06 Å². The van der Waals surface area contributed by atoms with Crippen LogP contribution >= 0.6 is 0 Å². The van der Waals surface area contributed by atoms with Crippen LogP contribution in [0.2, 0.25) is 0 Å². The third kappa shape index (κ3) is 3.36. The number of nitrogens with zero attached hydrogens (tertiary/aromatic N) is 1. The molecule has 0 saturated heterocycles. The highest BCUT2D eigenvalue weighted by atomic mass is 16.5. The van der Waals surface area contributed by atoms with Gasteiger partial charge in [-0.1, -0.05) is 6.58 Å². The largest absolute Gasteiger partial charge is 0.480 e. The van der Waals surface area contributed by atoms with E-state index in [-0.39, 0.29) is 10.6 Å². The smallest absolute Gasteiger partial charge is 0.325 e. The predicted octanol–water partition coefficient (Wildman–Crippen LogP) is -0.135. The lowest BCUT2D eigenvalue weighted by atomic mass is 10.3. The van der Waals surface area contributed by atoms with Crippen molar-refractivity contribution in [3.8, 4) is 0 Å². The van der Waals surface area contributed by atoms with E-state index < -0.39 is 18.4 Å². The van der Waals surface area contributed by atoms with Crippen molar-refractivity contribution in [3.05, 3.63) is 12.2 Å². The van der Waals surface area contributed by atoms with Gasteiger partial charge in [-0.25, -0.2) is 5.06 Å². The van der Waals surface area contributed by atoms with Crippen molar-refractivity contribution in [3.63, 3.8) is 0 Å². The average molecular weight is 159 g/mol. The van der Waals surface area contributed by atoms with Gasteiger partial charge in [0, 0.05) is 5.57 Å². The zero-order chi connectivity index (χ0) is 9.02. The highest BCUT2D eigenvalue weighted by Gasteiger charge is 2.13. The molecular weight excluding hydrogens is 150 g/mol. The second kappa shape index (κ2) is 3.72. The molecule has 5 heteroatoms. The summed E-state index contributed by atoms with van der Waals surface area (Å²) in [6, 6.07) is 0. The summed E-state index contributed by atoms with van der Waals surface area (Å²) in [6.07, 6.45) is 0. The minimum Gasteiger partial charge on any atom is -0.480 e. The third-order valence-corrected chi connectivity index (χ3v) is 0.885. The van der Waals surface area contributed by atoms with Crippen LogP contribution in [0.25, 0.3) is 0 Å². The molecule has 2 N–H and O–H groups in total. The summed E-state index contributed by atoms with van der Waals surface area (Å²) in [4.78, 5) is 20.6. The molecule has 5 nitrogen and oxygen atoms in total. The molecule has 0 fully saturated rings. The van der Waals surface area contributed by atoms with Crippen molar-refractivity contribution >= 4 is 11.9 Å². The Hall–Kier alpha value is -1.36. The average Bonchev–Trinajstić information content (AvgIpc) is 1.84. The van der Waals surface area contributed by atoms with E-state index in [9.17, 15) is 9.59 Å². The first-order valence-electron chi connectivity index (χ1n) is 2.83. The lowest BCUT2D eigenvalue weighted by molar-refractivity contribution is -0.169. The number of carboxylic acids is 1. The molecule has 0 aliphatic rings. The van der Waals surface area contributed by atoms with Gasteiger partial charge in [-0.3, -0.25) is 14.8 Å². The molecule has 0 saturated carbocycles. The van der Waals surface area contributed by atoms with E-state index in [1.54, 1.807) is 0 Å². The maximum Gasteiger partial charge on any atom is 0.325 e. The highest BCUT2D eigenvalue weighted by molar-refractivity contribution is 5.92. The number of aliphatic carboxylic acids is 1. The number of hydrogen-bond acceptors (Lipinski definition) is 3. The van der Waals surface area contributed by atoms with Crippen molar-refractivity contribution in [1.29, 1.82) is 0 Å². The first-order valence-corrected chi connectivity index (χ1v) is 2.83. The van der Waals surface area contributed by atoms with E-state index in [1.807, 2.05) is 0 Å². The first kappa shape index (κ1) is 9.64. The Bertz CT molecular complexity index is 199. The molecule has 1 amide bonds. The SMILES string of the molecule is C=C(C)C(=O)N(O)CC(=O)O. The van der Waals surface area contributed by atoms with Crippen LogP contribution in [0.1, 0.15) is 6.92 Å². The van der Waals surface area contributed by atoms with Crippen LogP contribution in [-0.2, 0) is 9.59 Å². The Morgan fingerprint density at radius 2 is 2.00 bits per heavy atom. The van der Waals surface area contributed by atoms with Crippen molar-refractivity contribution < 1.29 is 19.9 Å². The number of hydroxylamine groups is 2. The van der Waals surface area contributed by atoms with Gasteiger partial charge in [-0.15, -0.1) is 0 Å². The summed E-state index contributed by atoms with van der Waals surface area (Å²) in [7, 11) is 0.